The third-order valence-corrected chi connectivity index (χ3v) is 7.45. The van der Waals surface area contributed by atoms with E-state index in [2.05, 4.69) is 15.3 Å². The number of hydrogen-bond acceptors (Lipinski definition) is 7. The molecular weight excluding hydrogens is 412 g/mol. The molecule has 2 heterocycles. The van der Waals surface area contributed by atoms with Gasteiger partial charge in [-0.2, -0.15) is 4.31 Å². The first-order chi connectivity index (χ1) is 13.8. The summed E-state index contributed by atoms with van der Waals surface area (Å²) in [6, 6.07) is 6.19. The van der Waals surface area contributed by atoms with E-state index in [1.165, 1.54) is 28.2 Å². The zero-order chi connectivity index (χ0) is 21.0. The highest BCUT2D eigenvalue weighted by molar-refractivity contribution is 7.99. The van der Waals surface area contributed by atoms with Crippen molar-refractivity contribution in [3.63, 3.8) is 0 Å². The minimum atomic E-state index is -3.55. The Labute approximate surface area is 175 Å². The van der Waals surface area contributed by atoms with Crippen LogP contribution in [-0.4, -0.2) is 60.7 Å². The van der Waals surface area contributed by atoms with Gasteiger partial charge in [0.1, 0.15) is 0 Å². The van der Waals surface area contributed by atoms with Crippen LogP contribution >= 0.6 is 11.8 Å². The van der Waals surface area contributed by atoms with Crippen molar-refractivity contribution in [3.8, 4) is 0 Å². The third kappa shape index (κ3) is 5.33. The number of sulfonamides is 1. The molecule has 8 nitrogen and oxygen atoms in total. The van der Waals surface area contributed by atoms with E-state index in [0.29, 0.717) is 37.1 Å². The first-order valence-corrected chi connectivity index (χ1v) is 11.6. The Kier molecular flexibility index (Phi) is 6.89. The molecule has 1 amide bonds. The van der Waals surface area contributed by atoms with E-state index < -0.39 is 10.0 Å². The highest BCUT2D eigenvalue weighted by atomic mass is 32.2. The number of hydrogen-bond donors (Lipinski definition) is 1. The zero-order valence-corrected chi connectivity index (χ0v) is 18.3. The third-order valence-electron chi connectivity index (χ3n) is 4.69. The topological polar surface area (TPSA) is 101 Å². The van der Waals surface area contributed by atoms with Crippen LogP contribution in [0.4, 0.5) is 5.69 Å². The van der Waals surface area contributed by atoms with Gasteiger partial charge in [-0.25, -0.2) is 18.4 Å². The van der Waals surface area contributed by atoms with Crippen LogP contribution in [0.5, 0.6) is 0 Å². The van der Waals surface area contributed by atoms with E-state index in [9.17, 15) is 13.2 Å². The molecule has 0 unspecified atom stereocenters. The van der Waals surface area contributed by atoms with Crippen molar-refractivity contribution in [2.24, 2.45) is 0 Å². The molecule has 1 aromatic carbocycles. The summed E-state index contributed by atoms with van der Waals surface area (Å²) in [5.41, 5.74) is 3.38. The van der Waals surface area contributed by atoms with Crippen LogP contribution in [-0.2, 0) is 19.6 Å². The summed E-state index contributed by atoms with van der Waals surface area (Å²) in [6.07, 6.45) is 0. The molecule has 0 saturated carbocycles. The number of aryl methyl sites for hydroxylation is 2. The minimum absolute atomic E-state index is 0.162. The van der Waals surface area contributed by atoms with Crippen LogP contribution in [0, 0.1) is 20.8 Å². The van der Waals surface area contributed by atoms with Crippen molar-refractivity contribution in [1.82, 2.24) is 14.3 Å². The van der Waals surface area contributed by atoms with Crippen LogP contribution < -0.4 is 5.32 Å². The number of carbonyl (C=O) groups is 1. The average molecular weight is 437 g/mol. The molecule has 1 aliphatic heterocycles. The summed E-state index contributed by atoms with van der Waals surface area (Å²) >= 11 is 1.26. The van der Waals surface area contributed by atoms with Crippen molar-refractivity contribution in [3.05, 3.63) is 41.2 Å². The second kappa shape index (κ2) is 9.21. The number of amides is 1. The Bertz CT molecular complexity index is 965. The lowest BCUT2D eigenvalue weighted by Crippen LogP contribution is -2.40. The van der Waals surface area contributed by atoms with Gasteiger partial charge in [-0.3, -0.25) is 4.79 Å². The summed E-state index contributed by atoms with van der Waals surface area (Å²) in [5.74, 6) is -0.0475. The average Bonchev–Trinajstić information content (AvgIpc) is 2.71. The first-order valence-electron chi connectivity index (χ1n) is 9.20. The number of rotatable bonds is 6. The van der Waals surface area contributed by atoms with E-state index in [0.717, 1.165) is 17.0 Å². The summed E-state index contributed by atoms with van der Waals surface area (Å²) in [5, 5.41) is 3.33. The maximum absolute atomic E-state index is 12.6. The van der Waals surface area contributed by atoms with Crippen LogP contribution in [0.15, 0.2) is 34.3 Å². The molecule has 0 spiro atoms. The number of nitrogens with one attached hydrogen (secondary N) is 1. The normalized spacial score (nSPS) is 15.3. The largest absolute Gasteiger partial charge is 0.379 e. The lowest BCUT2D eigenvalue weighted by Gasteiger charge is -2.26. The number of carbonyl (C=O) groups excluding carboxylic acids is 1. The molecule has 10 heteroatoms. The number of aromatic nitrogens is 2. The maximum Gasteiger partial charge on any atom is 0.243 e. The van der Waals surface area contributed by atoms with Gasteiger partial charge >= 0.3 is 0 Å². The van der Waals surface area contributed by atoms with Crippen LogP contribution in [0.2, 0.25) is 0 Å². The molecule has 0 aliphatic carbocycles. The van der Waals surface area contributed by atoms with E-state index >= 15 is 0 Å². The number of thioether (sulfide) groups is 1. The summed E-state index contributed by atoms with van der Waals surface area (Å²) in [6.45, 7) is 7.29. The fourth-order valence-electron chi connectivity index (χ4n) is 2.78. The van der Waals surface area contributed by atoms with Crippen LogP contribution in [0.1, 0.15) is 17.0 Å². The van der Waals surface area contributed by atoms with E-state index in [4.69, 9.17) is 4.74 Å². The zero-order valence-electron chi connectivity index (χ0n) is 16.6. The fourth-order valence-corrected chi connectivity index (χ4v) is 4.92. The van der Waals surface area contributed by atoms with E-state index in [-0.39, 0.29) is 16.6 Å². The SMILES string of the molecule is Cc1nc(SCC(=O)Nc2ccc(S(=O)(=O)N3CCOCC3)cc2)nc(C)c1C. The van der Waals surface area contributed by atoms with Gasteiger partial charge in [-0.15, -0.1) is 0 Å². The predicted octanol–water partition coefficient (Wildman–Crippen LogP) is 2.15. The predicted molar refractivity (Wildman–Crippen MR) is 112 cm³/mol. The van der Waals surface area contributed by atoms with Crippen molar-refractivity contribution < 1.29 is 17.9 Å². The summed E-state index contributed by atoms with van der Waals surface area (Å²) < 4.78 is 31.9. The Morgan fingerprint density at radius 3 is 2.28 bits per heavy atom. The molecule has 2 aromatic rings. The highest BCUT2D eigenvalue weighted by Crippen LogP contribution is 2.21. The molecule has 0 bridgehead atoms. The molecular formula is C19H24N4O4S2. The fraction of sp³-hybridized carbons (Fsp3) is 0.421. The summed E-state index contributed by atoms with van der Waals surface area (Å²) in [4.78, 5) is 21.2. The Morgan fingerprint density at radius 2 is 1.69 bits per heavy atom. The number of ether oxygens (including phenoxy) is 1. The lowest BCUT2D eigenvalue weighted by molar-refractivity contribution is -0.113. The molecule has 1 aliphatic rings. The second-order valence-electron chi connectivity index (χ2n) is 6.68. The smallest absolute Gasteiger partial charge is 0.243 e. The molecule has 1 aromatic heterocycles. The Morgan fingerprint density at radius 1 is 1.10 bits per heavy atom. The number of nitrogens with zero attached hydrogens (tertiary/aromatic N) is 3. The van der Waals surface area contributed by atoms with Gasteiger partial charge in [0.05, 0.1) is 23.9 Å². The minimum Gasteiger partial charge on any atom is -0.379 e. The van der Waals surface area contributed by atoms with Crippen molar-refractivity contribution in [2.45, 2.75) is 30.8 Å². The molecule has 29 heavy (non-hydrogen) atoms. The first kappa shape index (κ1) is 21.7. The highest BCUT2D eigenvalue weighted by Gasteiger charge is 2.26. The van der Waals surface area contributed by atoms with Gasteiger partial charge in [-0.1, -0.05) is 11.8 Å². The Balaban J connectivity index is 1.58. The van der Waals surface area contributed by atoms with Gasteiger partial charge in [0.25, 0.3) is 0 Å². The molecule has 0 radical (unpaired) electrons. The van der Waals surface area contributed by atoms with Crippen LogP contribution in [0.3, 0.4) is 0 Å². The molecule has 3 rings (SSSR count). The van der Waals surface area contributed by atoms with Gasteiger partial charge < -0.3 is 10.1 Å². The van der Waals surface area contributed by atoms with Gasteiger partial charge in [0, 0.05) is 30.2 Å². The second-order valence-corrected chi connectivity index (χ2v) is 9.56. The number of anilines is 1. The van der Waals surface area contributed by atoms with Crippen molar-refractivity contribution >= 4 is 33.4 Å². The molecule has 156 valence electrons. The maximum atomic E-state index is 12.6. The Hall–Kier alpha value is -2.01. The lowest BCUT2D eigenvalue weighted by atomic mass is 10.2. The van der Waals surface area contributed by atoms with Crippen molar-refractivity contribution in [2.75, 3.05) is 37.4 Å². The van der Waals surface area contributed by atoms with Crippen LogP contribution in [0.25, 0.3) is 0 Å². The molecule has 1 fully saturated rings. The number of benzene rings is 1. The van der Waals surface area contributed by atoms with Crippen molar-refractivity contribution in [1.29, 1.82) is 0 Å². The monoisotopic (exact) mass is 436 g/mol. The summed E-state index contributed by atoms with van der Waals surface area (Å²) in [7, 11) is -3.55. The molecule has 1 saturated heterocycles. The van der Waals surface area contributed by atoms with E-state index in [1.54, 1.807) is 12.1 Å². The standard InChI is InChI=1S/C19H24N4O4S2/c1-13-14(2)20-19(21-15(13)3)28-12-18(24)22-16-4-6-17(7-5-16)29(25,26)23-8-10-27-11-9-23/h4-7H,8-12H2,1-3H3,(H,22,24). The molecule has 1 N–H and O–H groups in total. The number of morpholine rings is 1. The van der Waals surface area contributed by atoms with Gasteiger partial charge in [-0.05, 0) is 50.6 Å². The van der Waals surface area contributed by atoms with Gasteiger partial charge in [0.15, 0.2) is 5.16 Å². The van der Waals surface area contributed by atoms with E-state index in [1.807, 2.05) is 20.8 Å². The van der Waals surface area contributed by atoms with Gasteiger partial charge in [0.2, 0.25) is 15.9 Å². The molecule has 0 atom stereocenters. The quantitative estimate of drug-likeness (QED) is 0.547.